The summed E-state index contributed by atoms with van der Waals surface area (Å²) in [6.45, 7) is 1.45. The van der Waals surface area contributed by atoms with Crippen molar-refractivity contribution in [3.05, 3.63) is 42.1 Å². The number of hydrogen-bond donors (Lipinski definition) is 1. The molecule has 0 saturated carbocycles. The van der Waals surface area contributed by atoms with Gasteiger partial charge in [-0.15, -0.1) is 0 Å². The fraction of sp³-hybridized carbons (Fsp3) is 0.235. The molecule has 24 heavy (non-hydrogen) atoms. The second kappa shape index (κ2) is 7.96. The van der Waals surface area contributed by atoms with E-state index >= 15 is 0 Å². The van der Waals surface area contributed by atoms with Gasteiger partial charge in [-0.2, -0.15) is 0 Å². The molecule has 0 saturated heterocycles. The molecule has 7 nitrogen and oxygen atoms in total. The molecule has 0 aliphatic carbocycles. The molecule has 126 valence electrons. The van der Waals surface area contributed by atoms with Crippen LogP contribution in [0.25, 0.3) is 0 Å². The molecule has 0 radical (unpaired) electrons. The lowest BCUT2D eigenvalue weighted by Gasteiger charge is -2.15. The van der Waals surface area contributed by atoms with Gasteiger partial charge in [-0.1, -0.05) is 6.07 Å². The number of hydrogen-bond acceptors (Lipinski definition) is 6. The van der Waals surface area contributed by atoms with Crippen LogP contribution in [-0.4, -0.2) is 42.6 Å². The van der Waals surface area contributed by atoms with E-state index in [0.717, 1.165) is 0 Å². The Morgan fingerprint density at radius 1 is 1.25 bits per heavy atom. The first-order valence-electron chi connectivity index (χ1n) is 7.15. The summed E-state index contributed by atoms with van der Waals surface area (Å²) in [5.41, 5.74) is 1.22. The Kier molecular flexibility index (Phi) is 5.73. The molecule has 0 aliphatic rings. The van der Waals surface area contributed by atoms with E-state index < -0.39 is 12.1 Å². The fourth-order valence-corrected chi connectivity index (χ4v) is 1.86. The van der Waals surface area contributed by atoms with Gasteiger partial charge in [0.25, 0.3) is 0 Å². The monoisotopic (exact) mass is 330 g/mol. The minimum absolute atomic E-state index is 0.320. The highest BCUT2D eigenvalue weighted by molar-refractivity contribution is 5.87. The van der Waals surface area contributed by atoms with Gasteiger partial charge in [0, 0.05) is 17.8 Å². The maximum Gasteiger partial charge on any atom is 0.344 e. The molecule has 1 aromatic heterocycles. The third-order valence-electron chi connectivity index (χ3n) is 3.15. The van der Waals surface area contributed by atoms with E-state index in [1.54, 1.807) is 42.7 Å². The molecular weight excluding hydrogens is 312 g/mol. The van der Waals surface area contributed by atoms with E-state index in [-0.39, 0.29) is 0 Å². The summed E-state index contributed by atoms with van der Waals surface area (Å²) in [6, 6.07) is 8.67. The number of carboxylic acid groups (broad SMARTS) is 1. The molecule has 0 spiro atoms. The maximum absolute atomic E-state index is 11.0. The number of carbonyl (C=O) groups is 1. The summed E-state index contributed by atoms with van der Waals surface area (Å²) in [5, 5.41) is 9.04. The zero-order chi connectivity index (χ0) is 17.5. The predicted molar refractivity (Wildman–Crippen MR) is 88.8 cm³/mol. The Morgan fingerprint density at radius 2 is 2.04 bits per heavy atom. The van der Waals surface area contributed by atoms with Crippen LogP contribution in [0.4, 0.5) is 5.69 Å². The quantitative estimate of drug-likeness (QED) is 0.785. The fourth-order valence-electron chi connectivity index (χ4n) is 1.86. The molecule has 0 fully saturated rings. The van der Waals surface area contributed by atoms with Crippen LogP contribution >= 0.6 is 0 Å². The van der Waals surface area contributed by atoms with E-state index in [0.29, 0.717) is 28.6 Å². The summed E-state index contributed by atoms with van der Waals surface area (Å²) >= 11 is 0. The number of para-hydroxylation sites is 1. The SMILES string of the molecule is COc1ccc(N=Cc2cccc(OC)c2O[C@H](C)C(=O)O)cn1. The van der Waals surface area contributed by atoms with Gasteiger partial charge in [0.1, 0.15) is 0 Å². The largest absolute Gasteiger partial charge is 0.493 e. The number of aromatic nitrogens is 1. The third kappa shape index (κ3) is 4.22. The van der Waals surface area contributed by atoms with Crippen molar-refractivity contribution in [2.24, 2.45) is 4.99 Å². The highest BCUT2D eigenvalue weighted by atomic mass is 16.5. The molecule has 0 aliphatic heterocycles. The van der Waals surface area contributed by atoms with E-state index in [1.165, 1.54) is 21.1 Å². The molecule has 1 N–H and O–H groups in total. The first-order valence-corrected chi connectivity index (χ1v) is 7.15. The third-order valence-corrected chi connectivity index (χ3v) is 3.15. The smallest absolute Gasteiger partial charge is 0.344 e. The van der Waals surface area contributed by atoms with Crippen LogP contribution in [0.2, 0.25) is 0 Å². The van der Waals surface area contributed by atoms with Gasteiger partial charge in [0.15, 0.2) is 17.6 Å². The molecule has 0 amide bonds. The Bertz CT molecular complexity index is 728. The van der Waals surface area contributed by atoms with Gasteiger partial charge in [0.2, 0.25) is 5.88 Å². The van der Waals surface area contributed by atoms with Crippen molar-refractivity contribution in [1.29, 1.82) is 0 Å². The standard InChI is InChI=1S/C17H18N2O5/c1-11(17(20)21)24-16-12(5-4-6-14(16)22-2)9-18-13-7-8-15(23-3)19-10-13/h4-11H,1-3H3,(H,20,21)/t11-/m1/s1. The van der Waals surface area contributed by atoms with E-state index in [9.17, 15) is 4.79 Å². The number of rotatable bonds is 7. The van der Waals surface area contributed by atoms with Gasteiger partial charge in [-0.25, -0.2) is 9.78 Å². The number of aliphatic imine (C=N–C) groups is 1. The molecule has 1 aromatic carbocycles. The summed E-state index contributed by atoms with van der Waals surface area (Å²) in [5.74, 6) is 0.179. The molecular formula is C17H18N2O5. The second-order valence-electron chi connectivity index (χ2n) is 4.79. The Labute approximate surface area is 139 Å². The topological polar surface area (TPSA) is 90.2 Å². The number of methoxy groups -OCH3 is 2. The summed E-state index contributed by atoms with van der Waals surface area (Å²) < 4.78 is 15.7. The van der Waals surface area contributed by atoms with Crippen LogP contribution < -0.4 is 14.2 Å². The highest BCUT2D eigenvalue weighted by Crippen LogP contribution is 2.31. The molecule has 2 rings (SSSR count). The number of pyridine rings is 1. The van der Waals surface area contributed by atoms with Crippen molar-refractivity contribution in [2.45, 2.75) is 13.0 Å². The summed E-state index contributed by atoms with van der Waals surface area (Å²) in [7, 11) is 3.02. The van der Waals surface area contributed by atoms with Gasteiger partial charge in [-0.3, -0.25) is 4.99 Å². The summed E-state index contributed by atoms with van der Waals surface area (Å²) in [6.07, 6.45) is 2.11. The van der Waals surface area contributed by atoms with Crippen molar-refractivity contribution < 1.29 is 24.1 Å². The van der Waals surface area contributed by atoms with Crippen molar-refractivity contribution >= 4 is 17.9 Å². The Balaban J connectivity index is 2.30. The first kappa shape index (κ1) is 17.3. The van der Waals surface area contributed by atoms with Gasteiger partial charge in [-0.05, 0) is 25.1 Å². The first-order chi connectivity index (χ1) is 11.5. The van der Waals surface area contributed by atoms with Crippen molar-refractivity contribution in [2.75, 3.05) is 14.2 Å². The normalized spacial score (nSPS) is 12.0. The molecule has 1 atom stereocenters. The maximum atomic E-state index is 11.0. The van der Waals surface area contributed by atoms with E-state index in [2.05, 4.69) is 9.98 Å². The van der Waals surface area contributed by atoms with E-state index in [1.807, 2.05) is 0 Å². The van der Waals surface area contributed by atoms with Crippen LogP contribution in [0.3, 0.4) is 0 Å². The van der Waals surface area contributed by atoms with Crippen LogP contribution in [0.1, 0.15) is 12.5 Å². The number of aliphatic carboxylic acids is 1. The number of nitrogens with zero attached hydrogens (tertiary/aromatic N) is 2. The number of ether oxygens (including phenoxy) is 3. The zero-order valence-electron chi connectivity index (χ0n) is 13.6. The van der Waals surface area contributed by atoms with Crippen molar-refractivity contribution in [3.8, 4) is 17.4 Å². The average Bonchev–Trinajstić information content (AvgIpc) is 2.60. The van der Waals surface area contributed by atoms with Crippen LogP contribution in [-0.2, 0) is 4.79 Å². The number of carboxylic acids is 1. The van der Waals surface area contributed by atoms with Gasteiger partial charge < -0.3 is 19.3 Å². The van der Waals surface area contributed by atoms with Crippen LogP contribution in [0.15, 0.2) is 41.5 Å². The number of benzene rings is 1. The van der Waals surface area contributed by atoms with E-state index in [4.69, 9.17) is 19.3 Å². The van der Waals surface area contributed by atoms with Crippen LogP contribution in [0.5, 0.6) is 17.4 Å². The average molecular weight is 330 g/mol. The lowest BCUT2D eigenvalue weighted by molar-refractivity contribution is -0.144. The van der Waals surface area contributed by atoms with Gasteiger partial charge in [0.05, 0.1) is 26.1 Å². The minimum atomic E-state index is -1.07. The highest BCUT2D eigenvalue weighted by Gasteiger charge is 2.17. The van der Waals surface area contributed by atoms with Crippen LogP contribution in [0, 0.1) is 0 Å². The lowest BCUT2D eigenvalue weighted by atomic mass is 10.2. The lowest BCUT2D eigenvalue weighted by Crippen LogP contribution is -2.23. The minimum Gasteiger partial charge on any atom is -0.493 e. The predicted octanol–water partition coefficient (Wildman–Crippen LogP) is 2.70. The molecule has 1 heterocycles. The second-order valence-corrected chi connectivity index (χ2v) is 4.79. The Hall–Kier alpha value is -3.09. The zero-order valence-corrected chi connectivity index (χ0v) is 13.6. The van der Waals surface area contributed by atoms with Crippen molar-refractivity contribution in [3.63, 3.8) is 0 Å². The van der Waals surface area contributed by atoms with Gasteiger partial charge >= 0.3 is 5.97 Å². The Morgan fingerprint density at radius 3 is 2.62 bits per heavy atom. The molecule has 2 aromatic rings. The molecule has 0 bridgehead atoms. The molecule has 0 unspecified atom stereocenters. The van der Waals surface area contributed by atoms with Crippen molar-refractivity contribution in [1.82, 2.24) is 4.98 Å². The molecule has 7 heteroatoms. The summed E-state index contributed by atoms with van der Waals surface area (Å²) in [4.78, 5) is 19.4.